The Balaban J connectivity index is 1.64. The summed E-state index contributed by atoms with van der Waals surface area (Å²) in [5.41, 5.74) is 4.87. The summed E-state index contributed by atoms with van der Waals surface area (Å²) in [6, 6.07) is 20.2. The fourth-order valence-corrected chi connectivity index (χ4v) is 6.06. The second-order valence-electron chi connectivity index (χ2n) is 7.77. The fraction of sp³-hybridized carbons (Fsp3) is 0.208. The molecule has 1 aromatic heterocycles. The molecule has 0 radical (unpaired) electrons. The molecule has 0 amide bonds. The summed E-state index contributed by atoms with van der Waals surface area (Å²) in [4.78, 5) is 12.6. The molecule has 0 aliphatic rings. The number of nitrogens with one attached hydrogen (secondary N) is 1. The largest absolute Gasteiger partial charge is 0.308 e. The van der Waals surface area contributed by atoms with Crippen molar-refractivity contribution in [3.8, 4) is 0 Å². The third-order valence-electron chi connectivity index (χ3n) is 5.36. The van der Waals surface area contributed by atoms with Crippen LogP contribution in [-0.2, 0) is 16.6 Å². The molecule has 0 spiro atoms. The van der Waals surface area contributed by atoms with Crippen LogP contribution in [0.1, 0.15) is 35.2 Å². The number of nitrogens with zero attached hydrogens (tertiary/aromatic N) is 1. The third kappa shape index (κ3) is 4.49. The predicted molar refractivity (Wildman–Crippen MR) is 126 cm³/mol. The van der Waals surface area contributed by atoms with Gasteiger partial charge >= 0.3 is 4.87 Å². The molecule has 5 nitrogen and oxygen atoms in total. The minimum absolute atomic E-state index is 0.106. The first-order valence-corrected chi connectivity index (χ1v) is 12.3. The Hall–Kier alpha value is -2.74. The molecule has 1 heterocycles. The lowest BCUT2D eigenvalue weighted by Crippen LogP contribution is -2.27. The molecule has 31 heavy (non-hydrogen) atoms. The van der Waals surface area contributed by atoms with Gasteiger partial charge in [-0.3, -0.25) is 9.36 Å². The van der Waals surface area contributed by atoms with Crippen LogP contribution in [-0.4, -0.2) is 13.0 Å². The Kier molecular flexibility index (Phi) is 5.83. The molecule has 1 atom stereocenters. The van der Waals surface area contributed by atoms with Crippen molar-refractivity contribution < 1.29 is 8.42 Å². The van der Waals surface area contributed by atoms with Crippen LogP contribution in [0, 0.1) is 13.8 Å². The first-order chi connectivity index (χ1) is 14.7. The number of thiazole rings is 1. The van der Waals surface area contributed by atoms with Gasteiger partial charge in [0.2, 0.25) is 10.0 Å². The quantitative estimate of drug-likeness (QED) is 0.458. The lowest BCUT2D eigenvalue weighted by molar-refractivity contribution is 0.566. The van der Waals surface area contributed by atoms with Crippen molar-refractivity contribution in [2.45, 2.75) is 38.3 Å². The number of aromatic nitrogens is 1. The van der Waals surface area contributed by atoms with Crippen LogP contribution in [0.25, 0.3) is 10.2 Å². The van der Waals surface area contributed by atoms with Crippen molar-refractivity contribution in [1.29, 1.82) is 0 Å². The van der Waals surface area contributed by atoms with E-state index in [4.69, 9.17) is 0 Å². The average molecular weight is 453 g/mol. The second kappa shape index (κ2) is 8.42. The Morgan fingerprint density at radius 3 is 2.45 bits per heavy atom. The smallest absolute Gasteiger partial charge is 0.294 e. The van der Waals surface area contributed by atoms with Crippen molar-refractivity contribution in [2.75, 3.05) is 0 Å². The van der Waals surface area contributed by atoms with Gasteiger partial charge in [0, 0.05) is 6.04 Å². The minimum Gasteiger partial charge on any atom is -0.294 e. The van der Waals surface area contributed by atoms with Gasteiger partial charge in [0.25, 0.3) is 0 Å². The van der Waals surface area contributed by atoms with Crippen LogP contribution in [0.2, 0.25) is 0 Å². The number of sulfonamides is 1. The van der Waals surface area contributed by atoms with E-state index in [9.17, 15) is 13.2 Å². The summed E-state index contributed by atoms with van der Waals surface area (Å²) in [5.74, 6) is 0. The van der Waals surface area contributed by atoms with Crippen LogP contribution in [0.4, 0.5) is 0 Å². The average Bonchev–Trinajstić information content (AvgIpc) is 3.03. The first-order valence-electron chi connectivity index (χ1n) is 10.0. The molecule has 0 aliphatic carbocycles. The van der Waals surface area contributed by atoms with Crippen LogP contribution in [0.3, 0.4) is 0 Å². The van der Waals surface area contributed by atoms with Crippen LogP contribution >= 0.6 is 11.3 Å². The molecule has 3 aromatic carbocycles. The Labute approximate surface area is 186 Å². The number of fused-ring (bicyclic) bond motifs is 1. The van der Waals surface area contributed by atoms with Gasteiger partial charge in [-0.05, 0) is 55.7 Å². The van der Waals surface area contributed by atoms with Gasteiger partial charge in [0.05, 0.1) is 21.7 Å². The Bertz CT molecular complexity index is 1400. The molecule has 0 aliphatic heterocycles. The van der Waals surface area contributed by atoms with Gasteiger partial charge in [0.1, 0.15) is 0 Å². The van der Waals surface area contributed by atoms with E-state index in [1.54, 1.807) is 22.8 Å². The normalized spacial score (nSPS) is 12.9. The zero-order valence-electron chi connectivity index (χ0n) is 17.6. The molecule has 0 saturated carbocycles. The zero-order valence-corrected chi connectivity index (χ0v) is 19.3. The van der Waals surface area contributed by atoms with Crippen LogP contribution < -0.4 is 9.60 Å². The summed E-state index contributed by atoms with van der Waals surface area (Å²) in [6.45, 7) is 6.28. The molecule has 7 heteroatoms. The summed E-state index contributed by atoms with van der Waals surface area (Å²) >= 11 is 1.06. The highest BCUT2D eigenvalue weighted by atomic mass is 32.2. The molecule has 0 bridgehead atoms. The molecule has 160 valence electrons. The lowest BCUT2D eigenvalue weighted by Gasteiger charge is -2.17. The molecule has 0 saturated heterocycles. The monoisotopic (exact) mass is 452 g/mol. The zero-order chi connectivity index (χ0) is 22.2. The minimum atomic E-state index is -3.74. The van der Waals surface area contributed by atoms with E-state index in [1.165, 1.54) is 0 Å². The summed E-state index contributed by atoms with van der Waals surface area (Å²) in [6.07, 6.45) is 0. The summed E-state index contributed by atoms with van der Waals surface area (Å²) in [7, 11) is -3.74. The molecular formula is C24H24N2O3S2. The van der Waals surface area contributed by atoms with Gasteiger partial charge in [-0.25, -0.2) is 13.1 Å². The van der Waals surface area contributed by atoms with E-state index in [-0.39, 0.29) is 15.8 Å². The molecule has 4 rings (SSSR count). The highest BCUT2D eigenvalue weighted by Gasteiger charge is 2.21. The highest BCUT2D eigenvalue weighted by Crippen LogP contribution is 2.25. The highest BCUT2D eigenvalue weighted by molar-refractivity contribution is 7.89. The van der Waals surface area contributed by atoms with Crippen LogP contribution in [0.5, 0.6) is 0 Å². The standard InChI is InChI=1S/C24H24N2O3S2/c1-16-9-11-21(17(2)13-16)18(3)25-31(28,29)20-10-12-22-23(14-20)30-24(27)26(22)15-19-7-5-4-6-8-19/h4-14,18,25H,15H2,1-3H3. The summed E-state index contributed by atoms with van der Waals surface area (Å²) in [5, 5.41) is 0. The maximum absolute atomic E-state index is 13.0. The fourth-order valence-electron chi connectivity index (χ4n) is 3.81. The molecular weight excluding hydrogens is 428 g/mol. The second-order valence-corrected chi connectivity index (χ2v) is 10.5. The maximum Gasteiger partial charge on any atom is 0.308 e. The van der Waals surface area contributed by atoms with Gasteiger partial charge in [0.15, 0.2) is 0 Å². The van der Waals surface area contributed by atoms with E-state index in [2.05, 4.69) is 4.72 Å². The van der Waals surface area contributed by atoms with E-state index in [0.717, 1.165) is 39.1 Å². The van der Waals surface area contributed by atoms with Crippen molar-refractivity contribution >= 4 is 31.6 Å². The Morgan fingerprint density at radius 1 is 1.00 bits per heavy atom. The van der Waals surface area contributed by atoms with Crippen molar-refractivity contribution in [3.63, 3.8) is 0 Å². The van der Waals surface area contributed by atoms with E-state index in [1.807, 2.05) is 69.3 Å². The van der Waals surface area contributed by atoms with Gasteiger partial charge in [-0.2, -0.15) is 0 Å². The number of hydrogen-bond acceptors (Lipinski definition) is 4. The number of aryl methyl sites for hydroxylation is 2. The molecule has 4 aromatic rings. The van der Waals surface area contributed by atoms with Crippen molar-refractivity contribution in [2.24, 2.45) is 0 Å². The topological polar surface area (TPSA) is 68.2 Å². The van der Waals surface area contributed by atoms with Gasteiger partial charge < -0.3 is 0 Å². The van der Waals surface area contributed by atoms with E-state index in [0.29, 0.717) is 11.2 Å². The lowest BCUT2D eigenvalue weighted by atomic mass is 10.0. The number of benzene rings is 3. The molecule has 1 N–H and O–H groups in total. The number of hydrogen-bond donors (Lipinski definition) is 1. The first kappa shape index (κ1) is 21.5. The molecule has 0 fully saturated rings. The maximum atomic E-state index is 13.0. The SMILES string of the molecule is Cc1ccc(C(C)NS(=O)(=O)c2ccc3c(c2)sc(=O)n3Cc2ccccc2)c(C)c1. The van der Waals surface area contributed by atoms with Crippen molar-refractivity contribution in [3.05, 3.63) is 98.7 Å². The van der Waals surface area contributed by atoms with E-state index < -0.39 is 10.0 Å². The van der Waals surface area contributed by atoms with Gasteiger partial charge in [-0.15, -0.1) is 0 Å². The predicted octanol–water partition coefficient (Wildman–Crippen LogP) is 4.77. The van der Waals surface area contributed by atoms with E-state index >= 15 is 0 Å². The van der Waals surface area contributed by atoms with Crippen LogP contribution in [0.15, 0.2) is 76.4 Å². The van der Waals surface area contributed by atoms with Gasteiger partial charge in [-0.1, -0.05) is 65.4 Å². The Morgan fingerprint density at radius 2 is 1.74 bits per heavy atom. The molecule has 1 unspecified atom stereocenters. The van der Waals surface area contributed by atoms with Crippen molar-refractivity contribution in [1.82, 2.24) is 9.29 Å². The number of rotatable bonds is 6. The summed E-state index contributed by atoms with van der Waals surface area (Å²) < 4.78 is 31.2. The third-order valence-corrected chi connectivity index (χ3v) is 7.84.